The van der Waals surface area contributed by atoms with E-state index >= 15 is 0 Å². The topological polar surface area (TPSA) is 84.9 Å². The summed E-state index contributed by atoms with van der Waals surface area (Å²) in [5, 5.41) is 12.8. The Morgan fingerprint density at radius 1 is 0.970 bits per heavy atom. The van der Waals surface area contributed by atoms with E-state index in [1.807, 2.05) is 36.4 Å². The molecule has 1 amide bonds. The van der Waals surface area contributed by atoms with E-state index in [9.17, 15) is 9.59 Å². The average Bonchev–Trinajstić information content (AvgIpc) is 2.78. The molecule has 172 valence electrons. The highest BCUT2D eigenvalue weighted by atomic mass is 35.5. The van der Waals surface area contributed by atoms with Gasteiger partial charge in [0, 0.05) is 28.6 Å². The van der Waals surface area contributed by atoms with Crippen molar-refractivity contribution in [1.82, 2.24) is 5.32 Å². The Labute approximate surface area is 202 Å². The number of carboxylic acids is 1. The van der Waals surface area contributed by atoms with Gasteiger partial charge in [0.25, 0.3) is 0 Å². The average molecular weight is 488 g/mol. The first kappa shape index (κ1) is 24.4. The lowest BCUT2D eigenvalue weighted by Crippen LogP contribution is -2.24. The summed E-state index contributed by atoms with van der Waals surface area (Å²) < 4.78 is 10.7. The van der Waals surface area contributed by atoms with Crippen LogP contribution < -0.4 is 10.1 Å². The molecule has 0 saturated carbocycles. The van der Waals surface area contributed by atoms with Crippen LogP contribution in [0.15, 0.2) is 60.7 Å². The zero-order valence-electron chi connectivity index (χ0n) is 17.9. The zero-order valence-corrected chi connectivity index (χ0v) is 19.4. The minimum atomic E-state index is -0.886. The molecule has 3 aromatic rings. The van der Waals surface area contributed by atoms with Gasteiger partial charge < -0.3 is 19.9 Å². The third-order valence-corrected chi connectivity index (χ3v) is 5.53. The molecule has 0 heterocycles. The van der Waals surface area contributed by atoms with E-state index in [-0.39, 0.29) is 19.6 Å². The number of amides is 1. The minimum absolute atomic E-state index is 0.0501. The van der Waals surface area contributed by atoms with Gasteiger partial charge in [-0.2, -0.15) is 0 Å². The molecule has 0 aliphatic rings. The monoisotopic (exact) mass is 487 g/mol. The van der Waals surface area contributed by atoms with E-state index in [2.05, 4.69) is 5.32 Å². The van der Waals surface area contributed by atoms with Gasteiger partial charge in [-0.3, -0.25) is 4.79 Å². The fraction of sp³-hybridized carbons (Fsp3) is 0.200. The van der Waals surface area contributed by atoms with Crippen LogP contribution in [0.25, 0.3) is 11.1 Å². The van der Waals surface area contributed by atoms with Gasteiger partial charge in [-0.15, -0.1) is 0 Å². The number of carbonyl (C=O) groups excluding carboxylic acids is 1. The van der Waals surface area contributed by atoms with Crippen LogP contribution in [0.4, 0.5) is 4.79 Å². The third kappa shape index (κ3) is 7.14. The zero-order chi connectivity index (χ0) is 23.8. The van der Waals surface area contributed by atoms with Crippen molar-refractivity contribution in [3.05, 3.63) is 87.4 Å². The lowest BCUT2D eigenvalue weighted by Gasteiger charge is -2.13. The van der Waals surface area contributed by atoms with E-state index in [0.717, 1.165) is 22.3 Å². The largest absolute Gasteiger partial charge is 0.496 e. The summed E-state index contributed by atoms with van der Waals surface area (Å²) >= 11 is 12.0. The molecule has 0 aromatic heterocycles. The molecular weight excluding hydrogens is 465 g/mol. The van der Waals surface area contributed by atoms with Crippen molar-refractivity contribution in [2.24, 2.45) is 0 Å². The molecule has 33 heavy (non-hydrogen) atoms. The number of hydrogen-bond acceptors (Lipinski definition) is 4. The number of halogens is 2. The van der Waals surface area contributed by atoms with Gasteiger partial charge >= 0.3 is 12.1 Å². The Morgan fingerprint density at radius 2 is 1.76 bits per heavy atom. The Hall–Kier alpha value is -3.22. The van der Waals surface area contributed by atoms with Crippen molar-refractivity contribution >= 4 is 35.3 Å². The summed E-state index contributed by atoms with van der Waals surface area (Å²) in [6.07, 6.45) is -0.142. The molecule has 0 spiro atoms. The molecule has 3 rings (SSSR count). The van der Waals surface area contributed by atoms with Crippen LogP contribution in [0.5, 0.6) is 5.75 Å². The summed E-state index contributed by atoms with van der Waals surface area (Å²) in [6.45, 7) is 0.368. The fourth-order valence-corrected chi connectivity index (χ4v) is 3.83. The fourth-order valence-electron chi connectivity index (χ4n) is 3.33. The number of aliphatic carboxylic acids is 1. The molecule has 0 fully saturated rings. The molecule has 0 atom stereocenters. The normalized spacial score (nSPS) is 10.5. The van der Waals surface area contributed by atoms with Crippen molar-refractivity contribution in [2.45, 2.75) is 19.4 Å². The van der Waals surface area contributed by atoms with Gasteiger partial charge in [-0.05, 0) is 46.5 Å². The second-order valence-corrected chi connectivity index (χ2v) is 8.12. The predicted molar refractivity (Wildman–Crippen MR) is 128 cm³/mol. The maximum absolute atomic E-state index is 12.2. The predicted octanol–water partition coefficient (Wildman–Crippen LogP) is 5.77. The van der Waals surface area contributed by atoms with Gasteiger partial charge in [-0.1, -0.05) is 59.6 Å². The van der Waals surface area contributed by atoms with E-state index in [1.165, 1.54) is 0 Å². The Morgan fingerprint density at radius 3 is 2.48 bits per heavy atom. The van der Waals surface area contributed by atoms with Crippen molar-refractivity contribution < 1.29 is 24.2 Å². The Kier molecular flexibility index (Phi) is 8.58. The second kappa shape index (κ2) is 11.6. The lowest BCUT2D eigenvalue weighted by atomic mass is 9.99. The molecule has 6 nitrogen and oxygen atoms in total. The number of rotatable bonds is 9. The van der Waals surface area contributed by atoms with Gasteiger partial charge in [0.15, 0.2) is 0 Å². The Bertz CT molecular complexity index is 1150. The van der Waals surface area contributed by atoms with Crippen molar-refractivity contribution in [2.75, 3.05) is 13.7 Å². The molecule has 0 bridgehead atoms. The standard InChI is InChI=1S/C25H23Cl2NO5/c1-32-23-8-6-19(18-4-2-3-16(11-18)12-24(29)30)13-20(23)15-28-25(31)33-10-9-17-5-7-21(26)14-22(17)27/h2-8,11,13-14H,9-10,12,15H2,1H3,(H,28,31)(H,29,30). The van der Waals surface area contributed by atoms with Gasteiger partial charge in [0.1, 0.15) is 5.75 Å². The van der Waals surface area contributed by atoms with Crippen LogP contribution in [0.3, 0.4) is 0 Å². The molecule has 0 aliphatic carbocycles. The summed E-state index contributed by atoms with van der Waals surface area (Å²) in [7, 11) is 1.56. The molecular formula is C25H23Cl2NO5. The summed E-state index contributed by atoms with van der Waals surface area (Å²) in [4.78, 5) is 23.2. The number of ether oxygens (including phenoxy) is 2. The van der Waals surface area contributed by atoms with Gasteiger partial charge in [0.2, 0.25) is 0 Å². The molecule has 0 saturated heterocycles. The summed E-state index contributed by atoms with van der Waals surface area (Å²) in [5.41, 5.74) is 4.07. The van der Waals surface area contributed by atoms with E-state index in [0.29, 0.717) is 27.8 Å². The lowest BCUT2D eigenvalue weighted by molar-refractivity contribution is -0.136. The first-order valence-electron chi connectivity index (χ1n) is 10.2. The van der Waals surface area contributed by atoms with Crippen LogP contribution in [0, 0.1) is 0 Å². The number of carbonyl (C=O) groups is 2. The van der Waals surface area contributed by atoms with Crippen LogP contribution >= 0.6 is 23.2 Å². The highest BCUT2D eigenvalue weighted by Crippen LogP contribution is 2.27. The maximum atomic E-state index is 12.2. The first-order valence-corrected chi connectivity index (χ1v) is 10.9. The van der Waals surface area contributed by atoms with Crippen LogP contribution in [-0.2, 0) is 28.9 Å². The minimum Gasteiger partial charge on any atom is -0.496 e. The van der Waals surface area contributed by atoms with Gasteiger partial charge in [-0.25, -0.2) is 4.79 Å². The van der Waals surface area contributed by atoms with Crippen molar-refractivity contribution in [3.8, 4) is 16.9 Å². The third-order valence-electron chi connectivity index (χ3n) is 4.94. The number of methoxy groups -OCH3 is 1. The Balaban J connectivity index is 1.62. The molecule has 8 heteroatoms. The summed E-state index contributed by atoms with van der Waals surface area (Å²) in [5.74, 6) is -0.266. The highest BCUT2D eigenvalue weighted by Gasteiger charge is 2.10. The molecule has 0 unspecified atom stereocenters. The second-order valence-electron chi connectivity index (χ2n) is 7.27. The quantitative estimate of drug-likeness (QED) is 0.400. The van der Waals surface area contributed by atoms with E-state index in [1.54, 1.807) is 31.4 Å². The molecule has 3 aromatic carbocycles. The number of carboxylic acid groups (broad SMARTS) is 1. The van der Waals surface area contributed by atoms with Crippen molar-refractivity contribution in [3.63, 3.8) is 0 Å². The SMILES string of the molecule is COc1ccc(-c2cccc(CC(=O)O)c2)cc1CNC(=O)OCCc1ccc(Cl)cc1Cl. The smallest absolute Gasteiger partial charge is 0.407 e. The van der Waals surface area contributed by atoms with Crippen LogP contribution in [0.2, 0.25) is 10.0 Å². The van der Waals surface area contributed by atoms with E-state index in [4.69, 9.17) is 37.8 Å². The highest BCUT2D eigenvalue weighted by molar-refractivity contribution is 6.35. The maximum Gasteiger partial charge on any atom is 0.407 e. The number of alkyl carbamates (subject to hydrolysis) is 1. The summed E-state index contributed by atoms with van der Waals surface area (Å²) in [6, 6.07) is 18.1. The molecule has 0 aliphatic heterocycles. The molecule has 2 N–H and O–H groups in total. The van der Waals surface area contributed by atoms with E-state index < -0.39 is 12.1 Å². The number of hydrogen-bond donors (Lipinski definition) is 2. The van der Waals surface area contributed by atoms with Crippen LogP contribution in [-0.4, -0.2) is 30.9 Å². The number of benzene rings is 3. The van der Waals surface area contributed by atoms with Gasteiger partial charge in [0.05, 0.1) is 20.1 Å². The van der Waals surface area contributed by atoms with Crippen LogP contribution in [0.1, 0.15) is 16.7 Å². The molecule has 0 radical (unpaired) electrons. The van der Waals surface area contributed by atoms with Crippen molar-refractivity contribution in [1.29, 1.82) is 0 Å². The number of nitrogens with one attached hydrogen (secondary N) is 1. The first-order chi connectivity index (χ1) is 15.9.